The van der Waals surface area contributed by atoms with Crippen LogP contribution in [0.2, 0.25) is 0 Å². The molecule has 0 aliphatic heterocycles. The van der Waals surface area contributed by atoms with Gasteiger partial charge in [0.2, 0.25) is 5.91 Å². The fraction of sp³-hybridized carbons (Fsp3) is 0.474. The van der Waals surface area contributed by atoms with Crippen LogP contribution in [0.5, 0.6) is 0 Å². The zero-order valence-electron chi connectivity index (χ0n) is 14.7. The Hall–Kier alpha value is -2.13. The maximum absolute atomic E-state index is 12.7. The van der Waals surface area contributed by atoms with E-state index in [-0.39, 0.29) is 11.7 Å². The maximum atomic E-state index is 12.7. The van der Waals surface area contributed by atoms with E-state index in [4.69, 9.17) is 0 Å². The number of amides is 1. The fourth-order valence-electron chi connectivity index (χ4n) is 3.33. The van der Waals surface area contributed by atoms with Crippen LogP contribution < -0.4 is 0 Å². The summed E-state index contributed by atoms with van der Waals surface area (Å²) in [5.74, 6) is 0.246. The minimum Gasteiger partial charge on any atom is -0.326 e. The van der Waals surface area contributed by atoms with Crippen LogP contribution in [0, 0.1) is 18.3 Å². The molecule has 0 bridgehead atoms. The third kappa shape index (κ3) is 3.62. The summed E-state index contributed by atoms with van der Waals surface area (Å²) in [6, 6.07) is 10.1. The topological polar surface area (TPSA) is 69.9 Å². The summed E-state index contributed by atoms with van der Waals surface area (Å²) in [6.45, 7) is 1.91. The molecule has 25 heavy (non-hydrogen) atoms. The normalized spacial score (nSPS) is 16.4. The zero-order chi connectivity index (χ0) is 17.9. The number of fused-ring (bicyclic) bond motifs is 1. The van der Waals surface area contributed by atoms with Gasteiger partial charge in [-0.1, -0.05) is 43.2 Å². The molecule has 0 N–H and O–H groups in total. The van der Waals surface area contributed by atoms with Crippen LogP contribution >= 0.6 is 11.8 Å². The first-order valence-electron chi connectivity index (χ1n) is 8.60. The highest BCUT2D eigenvalue weighted by Crippen LogP contribution is 2.33. The van der Waals surface area contributed by atoms with Crippen molar-refractivity contribution in [1.82, 2.24) is 14.9 Å². The SMILES string of the molecule is Cc1nc2ccccc2nc1SCC(=O)N(C)C1(C#N)CCCCC1. The van der Waals surface area contributed by atoms with Gasteiger partial charge in [-0.15, -0.1) is 0 Å². The van der Waals surface area contributed by atoms with E-state index in [1.165, 1.54) is 11.8 Å². The third-order valence-electron chi connectivity index (χ3n) is 4.94. The largest absolute Gasteiger partial charge is 0.326 e. The van der Waals surface area contributed by atoms with Crippen molar-refractivity contribution in [2.75, 3.05) is 12.8 Å². The number of benzene rings is 1. The van der Waals surface area contributed by atoms with Crippen LogP contribution in [0.25, 0.3) is 11.0 Å². The molecule has 6 heteroatoms. The molecule has 1 aliphatic rings. The minimum absolute atomic E-state index is 0.0252. The van der Waals surface area contributed by atoms with E-state index in [1.807, 2.05) is 31.2 Å². The molecule has 0 unspecified atom stereocenters. The van der Waals surface area contributed by atoms with E-state index in [2.05, 4.69) is 16.0 Å². The molecule has 1 amide bonds. The number of nitrogens with zero attached hydrogens (tertiary/aromatic N) is 4. The average Bonchev–Trinajstić information content (AvgIpc) is 2.66. The lowest BCUT2D eigenvalue weighted by Gasteiger charge is -2.39. The number of thioether (sulfide) groups is 1. The van der Waals surface area contributed by atoms with Crippen molar-refractivity contribution < 1.29 is 4.79 Å². The van der Waals surface area contributed by atoms with Gasteiger partial charge < -0.3 is 4.90 Å². The van der Waals surface area contributed by atoms with E-state index in [9.17, 15) is 10.1 Å². The van der Waals surface area contributed by atoms with E-state index in [0.29, 0.717) is 0 Å². The number of carbonyl (C=O) groups is 1. The van der Waals surface area contributed by atoms with Gasteiger partial charge in [-0.2, -0.15) is 5.26 Å². The summed E-state index contributed by atoms with van der Waals surface area (Å²) >= 11 is 1.40. The zero-order valence-corrected chi connectivity index (χ0v) is 15.5. The highest BCUT2D eigenvalue weighted by atomic mass is 32.2. The van der Waals surface area contributed by atoms with Gasteiger partial charge in [-0.05, 0) is 31.9 Å². The van der Waals surface area contributed by atoms with Crippen molar-refractivity contribution in [2.24, 2.45) is 0 Å². The number of carbonyl (C=O) groups excluding carboxylic acids is 1. The van der Waals surface area contributed by atoms with Gasteiger partial charge in [0.1, 0.15) is 10.6 Å². The van der Waals surface area contributed by atoms with Crippen LogP contribution in [0.3, 0.4) is 0 Å². The second-order valence-electron chi connectivity index (χ2n) is 6.55. The average molecular weight is 354 g/mol. The quantitative estimate of drug-likeness (QED) is 0.783. The number of hydrogen-bond donors (Lipinski definition) is 0. The minimum atomic E-state index is -0.639. The smallest absolute Gasteiger partial charge is 0.234 e. The first-order chi connectivity index (χ1) is 12.1. The Kier molecular flexibility index (Phi) is 5.24. The molecule has 0 spiro atoms. The Balaban J connectivity index is 1.71. The second kappa shape index (κ2) is 7.40. The van der Waals surface area contributed by atoms with Gasteiger partial charge in [0, 0.05) is 7.05 Å². The summed E-state index contributed by atoms with van der Waals surface area (Å²) in [5.41, 5.74) is 1.88. The van der Waals surface area contributed by atoms with Gasteiger partial charge in [0.05, 0.1) is 28.5 Å². The molecule has 0 atom stereocenters. The van der Waals surface area contributed by atoms with E-state index in [0.717, 1.165) is 53.9 Å². The lowest BCUT2D eigenvalue weighted by Crippen LogP contribution is -2.50. The molecule has 1 fully saturated rings. The molecule has 1 saturated carbocycles. The molecular formula is C19H22N4OS. The van der Waals surface area contributed by atoms with Gasteiger partial charge in [0.25, 0.3) is 0 Å². The van der Waals surface area contributed by atoms with E-state index in [1.54, 1.807) is 11.9 Å². The molecule has 2 aromatic rings. The van der Waals surface area contributed by atoms with Crippen LogP contribution in [0.1, 0.15) is 37.8 Å². The van der Waals surface area contributed by atoms with Crippen LogP contribution in [-0.4, -0.2) is 39.1 Å². The molecule has 3 rings (SSSR count). The standard InChI is InChI=1S/C19H22N4OS/c1-14-18(22-16-9-5-4-8-15(16)21-14)25-12-17(24)23(2)19(13-20)10-6-3-7-11-19/h4-5,8-9H,3,6-7,10-12H2,1-2H3. The van der Waals surface area contributed by atoms with Crippen molar-refractivity contribution in [3.8, 4) is 6.07 Å². The van der Waals surface area contributed by atoms with Crippen LogP contribution in [0.15, 0.2) is 29.3 Å². The number of hydrogen-bond acceptors (Lipinski definition) is 5. The van der Waals surface area contributed by atoms with Gasteiger partial charge in [-0.3, -0.25) is 4.79 Å². The first kappa shape index (κ1) is 17.7. The number of aryl methyl sites for hydroxylation is 1. The monoisotopic (exact) mass is 354 g/mol. The molecule has 0 saturated heterocycles. The maximum Gasteiger partial charge on any atom is 0.234 e. The van der Waals surface area contributed by atoms with Crippen molar-refractivity contribution in [1.29, 1.82) is 5.26 Å². The Bertz CT molecular complexity index is 824. The lowest BCUT2D eigenvalue weighted by atomic mass is 9.81. The molecule has 1 aromatic heterocycles. The van der Waals surface area contributed by atoms with E-state index < -0.39 is 5.54 Å². The van der Waals surface area contributed by atoms with Crippen LogP contribution in [-0.2, 0) is 4.79 Å². The summed E-state index contributed by atoms with van der Waals surface area (Å²) in [7, 11) is 1.76. The predicted molar refractivity (Wildman–Crippen MR) is 99.2 cm³/mol. The van der Waals surface area contributed by atoms with Crippen molar-refractivity contribution in [3.63, 3.8) is 0 Å². The summed E-state index contributed by atoms with van der Waals surface area (Å²) < 4.78 is 0. The number of rotatable bonds is 4. The van der Waals surface area contributed by atoms with Crippen LogP contribution in [0.4, 0.5) is 0 Å². The van der Waals surface area contributed by atoms with E-state index >= 15 is 0 Å². The van der Waals surface area contributed by atoms with Gasteiger partial charge in [0.15, 0.2) is 0 Å². The Morgan fingerprint density at radius 3 is 2.52 bits per heavy atom. The summed E-state index contributed by atoms with van der Waals surface area (Å²) in [6.07, 6.45) is 4.70. The molecule has 1 heterocycles. The number of aromatic nitrogens is 2. The molecule has 130 valence electrons. The predicted octanol–water partition coefficient (Wildman–Crippen LogP) is 3.72. The highest BCUT2D eigenvalue weighted by Gasteiger charge is 2.38. The Morgan fingerprint density at radius 2 is 1.88 bits per heavy atom. The van der Waals surface area contributed by atoms with Crippen molar-refractivity contribution in [3.05, 3.63) is 30.0 Å². The second-order valence-corrected chi connectivity index (χ2v) is 7.51. The molecule has 0 radical (unpaired) electrons. The lowest BCUT2D eigenvalue weighted by molar-refractivity contribution is -0.131. The number of nitriles is 1. The molecule has 1 aliphatic carbocycles. The van der Waals surface area contributed by atoms with Crippen molar-refractivity contribution in [2.45, 2.75) is 49.6 Å². The summed E-state index contributed by atoms with van der Waals surface area (Å²) in [5, 5.41) is 10.4. The first-order valence-corrected chi connectivity index (χ1v) is 9.58. The van der Waals surface area contributed by atoms with Gasteiger partial charge >= 0.3 is 0 Å². The third-order valence-corrected chi connectivity index (χ3v) is 5.99. The molecule has 1 aromatic carbocycles. The Morgan fingerprint density at radius 1 is 1.24 bits per heavy atom. The fourth-order valence-corrected chi connectivity index (χ4v) is 4.20. The highest BCUT2D eigenvalue weighted by molar-refractivity contribution is 7.99. The number of para-hydroxylation sites is 2. The molecule has 5 nitrogen and oxygen atoms in total. The Labute approximate surface area is 152 Å². The summed E-state index contributed by atoms with van der Waals surface area (Å²) in [4.78, 5) is 23.5. The van der Waals surface area contributed by atoms with Crippen molar-refractivity contribution >= 4 is 28.7 Å². The molecular weight excluding hydrogens is 332 g/mol. The van der Waals surface area contributed by atoms with Gasteiger partial charge in [-0.25, -0.2) is 9.97 Å².